The van der Waals surface area contributed by atoms with E-state index in [1.165, 1.54) is 57.8 Å². The third-order valence-corrected chi connectivity index (χ3v) is 16.5. The van der Waals surface area contributed by atoms with Gasteiger partial charge in [-0.05, 0) is 122 Å². The van der Waals surface area contributed by atoms with Crippen molar-refractivity contribution < 1.29 is 75.8 Å². The van der Waals surface area contributed by atoms with Crippen molar-refractivity contribution in [1.82, 2.24) is 0 Å². The Morgan fingerprint density at radius 1 is 0.305 bits per heavy atom. The van der Waals surface area contributed by atoms with Crippen LogP contribution in [0.3, 0.4) is 0 Å². The molecule has 0 saturated heterocycles. The zero-order chi connectivity index (χ0) is 69.5. The summed E-state index contributed by atoms with van der Waals surface area (Å²) in [6.45, 7) is 2.36. The van der Waals surface area contributed by atoms with Gasteiger partial charge in [0.1, 0.15) is 25.4 Å². The first-order valence-electron chi connectivity index (χ1n) is 36.1. The number of phosphoric acid groups is 2. The van der Waals surface area contributed by atoms with E-state index in [9.17, 15) is 43.5 Å². The van der Waals surface area contributed by atoms with Crippen LogP contribution in [0.5, 0.6) is 0 Å². The van der Waals surface area contributed by atoms with E-state index in [0.717, 1.165) is 148 Å². The Kier molecular flexibility index (Phi) is 66.0. The van der Waals surface area contributed by atoms with Crippen LogP contribution in [0.2, 0.25) is 0 Å². The molecule has 0 heterocycles. The predicted molar refractivity (Wildman–Crippen MR) is 389 cm³/mol. The summed E-state index contributed by atoms with van der Waals surface area (Å²) in [4.78, 5) is 58.4. The van der Waals surface area contributed by atoms with Crippen LogP contribution < -0.4 is 0 Å². The van der Waals surface area contributed by atoms with Crippen LogP contribution in [0.4, 0.5) is 0 Å². The lowest BCUT2D eigenvalue weighted by atomic mass is 10.1. The molecule has 0 aliphatic heterocycles. The van der Waals surface area contributed by atoms with Gasteiger partial charge in [0.2, 0.25) is 0 Å². The fourth-order valence-corrected chi connectivity index (χ4v) is 10.7. The summed E-state index contributed by atoms with van der Waals surface area (Å²) < 4.78 is 60.9. The number of esters is 3. The van der Waals surface area contributed by atoms with Crippen LogP contribution in [-0.4, -0.2) is 95.9 Å². The number of aliphatic hydroxyl groups excluding tert-OH is 2. The Morgan fingerprint density at radius 3 is 0.905 bits per heavy atom. The molecule has 0 aliphatic carbocycles. The number of allylic oxidation sites excluding steroid dienone is 24. The molecule has 0 aromatic heterocycles. The number of ether oxygens (including phenoxy) is 3. The molecule has 95 heavy (non-hydrogen) atoms. The average Bonchev–Trinajstić information content (AvgIpc) is 3.10. The number of unbranched alkanes of at least 4 members (excludes halogenated alkanes) is 20. The van der Waals surface area contributed by atoms with E-state index < -0.39 is 91.5 Å². The first-order valence-corrected chi connectivity index (χ1v) is 39.1. The van der Waals surface area contributed by atoms with Crippen molar-refractivity contribution >= 4 is 33.6 Å². The highest BCUT2D eigenvalue weighted by molar-refractivity contribution is 7.47. The van der Waals surface area contributed by atoms with Crippen molar-refractivity contribution in [3.63, 3.8) is 0 Å². The third kappa shape index (κ3) is 70.6. The molecular formula is C77H128O16P2. The first-order chi connectivity index (χ1) is 46.2. The molecule has 18 heteroatoms. The molecular weight excluding hydrogens is 1240 g/mol. The van der Waals surface area contributed by atoms with Gasteiger partial charge in [-0.15, -0.1) is 0 Å². The van der Waals surface area contributed by atoms with Gasteiger partial charge in [0.25, 0.3) is 0 Å². The highest BCUT2D eigenvalue weighted by atomic mass is 31.2. The van der Waals surface area contributed by atoms with Gasteiger partial charge in [-0.2, -0.15) is 0 Å². The summed E-state index contributed by atoms with van der Waals surface area (Å²) in [6, 6.07) is 0. The second kappa shape index (κ2) is 69.3. The number of aliphatic hydroxyl groups is 2. The zero-order valence-electron chi connectivity index (χ0n) is 58.8. The van der Waals surface area contributed by atoms with Gasteiger partial charge in [0.15, 0.2) is 6.10 Å². The lowest BCUT2D eigenvalue weighted by Gasteiger charge is -2.21. The maximum atomic E-state index is 12.9. The normalized spacial score (nSPS) is 15.0. The van der Waals surface area contributed by atoms with Gasteiger partial charge in [-0.3, -0.25) is 32.5 Å². The highest BCUT2D eigenvalue weighted by Crippen LogP contribution is 2.45. The second-order valence-electron chi connectivity index (χ2n) is 23.6. The Morgan fingerprint density at radius 2 is 0.558 bits per heavy atom. The van der Waals surface area contributed by atoms with Gasteiger partial charge >= 0.3 is 33.6 Å². The average molecular weight is 1370 g/mol. The van der Waals surface area contributed by atoms with Crippen molar-refractivity contribution in [3.05, 3.63) is 146 Å². The fraction of sp³-hybridized carbons (Fsp3) is 0.649. The van der Waals surface area contributed by atoms with E-state index in [-0.39, 0.29) is 19.3 Å². The van der Waals surface area contributed by atoms with Crippen LogP contribution in [0, 0.1) is 0 Å². The minimum absolute atomic E-state index is 0.0930. The number of carbonyl (C=O) groups is 3. The molecule has 0 aromatic rings. The zero-order valence-corrected chi connectivity index (χ0v) is 60.6. The van der Waals surface area contributed by atoms with Crippen LogP contribution in [0.1, 0.15) is 265 Å². The maximum Gasteiger partial charge on any atom is 0.472 e. The van der Waals surface area contributed by atoms with E-state index in [4.69, 9.17) is 32.3 Å². The Balaban J connectivity index is 4.56. The van der Waals surface area contributed by atoms with Crippen molar-refractivity contribution in [2.45, 2.75) is 283 Å². The molecule has 0 fully saturated rings. The molecule has 5 atom stereocenters. The molecule has 0 aromatic carbocycles. The quantitative estimate of drug-likeness (QED) is 0.0146. The Hall–Kier alpha value is -4.57. The minimum Gasteiger partial charge on any atom is -0.463 e. The van der Waals surface area contributed by atoms with E-state index in [2.05, 4.69) is 167 Å². The van der Waals surface area contributed by atoms with Crippen LogP contribution in [0.15, 0.2) is 146 Å². The summed E-state index contributed by atoms with van der Waals surface area (Å²) in [5.41, 5.74) is 0. The summed E-state index contributed by atoms with van der Waals surface area (Å²) in [5.74, 6) is -1.64. The minimum atomic E-state index is -4.94. The van der Waals surface area contributed by atoms with Gasteiger partial charge in [-0.25, -0.2) is 9.13 Å². The molecule has 0 saturated carbocycles. The molecule has 4 N–H and O–H groups in total. The SMILES string of the molecule is CC/C=C\C/C=C\C/C=C\C/C=C\C/C=C\C/C=C\CCCCCCCCCCC(=O)OCC(O)COP(=O)(O)OCC(O)COP(=O)(O)OCC(COC(=O)CCCC/C=C\C/C=C\C/C=C\C/C=C\C/C=C\C/C=C\CC)OC(=O)CCCCCCCCCCCCC. The molecule has 0 rings (SSSR count). The Labute approximate surface area is 575 Å². The van der Waals surface area contributed by atoms with Gasteiger partial charge in [-0.1, -0.05) is 269 Å². The van der Waals surface area contributed by atoms with Crippen molar-refractivity contribution in [1.29, 1.82) is 0 Å². The number of rotatable bonds is 67. The van der Waals surface area contributed by atoms with E-state index in [1.807, 2.05) is 0 Å². The molecule has 16 nitrogen and oxygen atoms in total. The molecule has 0 amide bonds. The molecule has 0 spiro atoms. The topological polar surface area (TPSA) is 231 Å². The molecule has 542 valence electrons. The predicted octanol–water partition coefficient (Wildman–Crippen LogP) is 20.5. The monoisotopic (exact) mass is 1370 g/mol. The standard InChI is InChI=1S/C77H128O16P2/c1-4-7-10-13-16-19-22-24-26-28-30-32-33-34-35-36-37-39-41-42-44-46-49-51-54-57-60-63-75(80)87-66-72(78)67-89-94(83,84)90-68-73(79)69-91-95(85,86)92-71-74(93-77(82)65-62-59-56-53-48-21-18-15-12-9-6-3)70-88-76(81)64-61-58-55-52-50-47-45-43-40-38-31-29-27-25-23-20-17-14-11-8-5-2/h7-8,10-11,16-17,19-20,24-27,30-32,34-35,37-39,43,45,50,52,72-74,78-79H,4-6,9,12-15,18,21-23,28-29,33,36,40-42,44,46-49,51,53-71H2,1-3H3,(H,83,84)(H,85,86)/b10-7-,11-8-,19-16-,20-17-,26-24-,27-25-,32-30-,35-34-,38-31-,39-37-,45-43-,52-50-. The third-order valence-electron chi connectivity index (χ3n) is 14.6. The van der Waals surface area contributed by atoms with Gasteiger partial charge in [0.05, 0.1) is 26.4 Å². The van der Waals surface area contributed by atoms with Crippen LogP contribution in [0.25, 0.3) is 0 Å². The van der Waals surface area contributed by atoms with Gasteiger partial charge < -0.3 is 34.2 Å². The molecule has 0 radical (unpaired) electrons. The van der Waals surface area contributed by atoms with Crippen molar-refractivity contribution in [2.75, 3.05) is 39.6 Å². The fourth-order valence-electron chi connectivity index (χ4n) is 9.11. The second-order valence-corrected chi connectivity index (χ2v) is 26.5. The number of phosphoric ester groups is 2. The largest absolute Gasteiger partial charge is 0.472 e. The van der Waals surface area contributed by atoms with E-state index in [1.54, 1.807) is 0 Å². The van der Waals surface area contributed by atoms with Crippen molar-refractivity contribution in [2.24, 2.45) is 0 Å². The molecule has 0 aliphatic rings. The van der Waals surface area contributed by atoms with Gasteiger partial charge in [0, 0.05) is 19.3 Å². The number of hydrogen-bond acceptors (Lipinski definition) is 14. The number of carbonyl (C=O) groups excluding carboxylic acids is 3. The summed E-state index contributed by atoms with van der Waals surface area (Å²) in [6.07, 6.45) is 83.4. The Bertz CT molecular complexity index is 2310. The maximum absolute atomic E-state index is 12.9. The summed E-state index contributed by atoms with van der Waals surface area (Å²) >= 11 is 0. The first kappa shape index (κ1) is 90.4. The van der Waals surface area contributed by atoms with Crippen LogP contribution in [-0.2, 0) is 55.8 Å². The summed E-state index contributed by atoms with van der Waals surface area (Å²) in [5, 5.41) is 20.6. The van der Waals surface area contributed by atoms with E-state index >= 15 is 0 Å². The lowest BCUT2D eigenvalue weighted by molar-refractivity contribution is -0.161. The molecule has 5 unspecified atom stereocenters. The van der Waals surface area contributed by atoms with E-state index in [0.29, 0.717) is 19.3 Å². The smallest absolute Gasteiger partial charge is 0.463 e. The highest BCUT2D eigenvalue weighted by Gasteiger charge is 2.29. The van der Waals surface area contributed by atoms with Crippen LogP contribution >= 0.6 is 15.6 Å². The number of hydrogen-bond donors (Lipinski definition) is 4. The lowest BCUT2D eigenvalue weighted by Crippen LogP contribution is -2.30. The molecule has 0 bridgehead atoms. The van der Waals surface area contributed by atoms with Crippen molar-refractivity contribution in [3.8, 4) is 0 Å². The summed E-state index contributed by atoms with van der Waals surface area (Å²) in [7, 11) is -9.80.